The molecular formula is C8H13N3S. The third kappa shape index (κ3) is 1.58. The number of hydrogen-bond acceptors (Lipinski definition) is 4. The minimum absolute atomic E-state index is 0.553. The van der Waals surface area contributed by atoms with Gasteiger partial charge in [-0.3, -0.25) is 0 Å². The zero-order valence-corrected chi connectivity index (χ0v) is 8.19. The SMILES string of the molecule is CC1(C)CC1CNc1ncns1. The zero-order valence-electron chi connectivity index (χ0n) is 7.37. The van der Waals surface area contributed by atoms with Crippen LogP contribution >= 0.6 is 11.5 Å². The minimum Gasteiger partial charge on any atom is -0.360 e. The van der Waals surface area contributed by atoms with Crippen LogP contribution < -0.4 is 5.32 Å². The summed E-state index contributed by atoms with van der Waals surface area (Å²) in [7, 11) is 0. The summed E-state index contributed by atoms with van der Waals surface area (Å²) in [5.41, 5.74) is 0.553. The molecule has 1 aliphatic carbocycles. The monoisotopic (exact) mass is 183 g/mol. The number of nitrogens with one attached hydrogen (secondary N) is 1. The minimum atomic E-state index is 0.553. The molecule has 4 heteroatoms. The van der Waals surface area contributed by atoms with Crippen LogP contribution in [0.5, 0.6) is 0 Å². The first kappa shape index (κ1) is 7.98. The van der Waals surface area contributed by atoms with Gasteiger partial charge in [0.15, 0.2) is 0 Å². The molecule has 0 spiro atoms. The molecule has 1 N–H and O–H groups in total. The molecular weight excluding hydrogens is 170 g/mol. The van der Waals surface area contributed by atoms with E-state index in [9.17, 15) is 0 Å². The van der Waals surface area contributed by atoms with Crippen LogP contribution in [0.15, 0.2) is 6.33 Å². The second-order valence-electron chi connectivity index (χ2n) is 4.02. The predicted octanol–water partition coefficient (Wildman–Crippen LogP) is 2.00. The highest BCUT2D eigenvalue weighted by atomic mass is 32.1. The lowest BCUT2D eigenvalue weighted by Gasteiger charge is -2.02. The van der Waals surface area contributed by atoms with Gasteiger partial charge in [-0.05, 0) is 17.8 Å². The fourth-order valence-corrected chi connectivity index (χ4v) is 1.82. The molecule has 12 heavy (non-hydrogen) atoms. The average molecular weight is 183 g/mol. The summed E-state index contributed by atoms with van der Waals surface area (Å²) in [5, 5.41) is 4.23. The fraction of sp³-hybridized carbons (Fsp3) is 0.750. The Labute approximate surface area is 76.4 Å². The maximum atomic E-state index is 4.06. The van der Waals surface area contributed by atoms with Crippen LogP contribution in [0, 0.1) is 11.3 Å². The Morgan fingerprint density at radius 2 is 2.50 bits per heavy atom. The molecule has 0 aromatic carbocycles. The summed E-state index contributed by atoms with van der Waals surface area (Å²) in [6, 6.07) is 0. The predicted molar refractivity (Wildman–Crippen MR) is 50.3 cm³/mol. The summed E-state index contributed by atoms with van der Waals surface area (Å²) < 4.78 is 3.92. The van der Waals surface area contributed by atoms with Gasteiger partial charge in [-0.15, -0.1) is 0 Å². The molecule has 1 atom stereocenters. The van der Waals surface area contributed by atoms with E-state index < -0.39 is 0 Å². The molecule has 0 radical (unpaired) electrons. The van der Waals surface area contributed by atoms with Crippen molar-refractivity contribution < 1.29 is 0 Å². The molecule has 1 aromatic rings. The molecule has 0 aliphatic heterocycles. The Hall–Kier alpha value is -0.640. The standard InChI is InChI=1S/C8H13N3S/c1-8(2)3-6(8)4-9-7-10-5-11-12-7/h5-6H,3-4H2,1-2H3,(H,9,10,11). The summed E-state index contributed by atoms with van der Waals surface area (Å²) in [6.07, 6.45) is 2.92. The van der Waals surface area contributed by atoms with Crippen molar-refractivity contribution in [2.75, 3.05) is 11.9 Å². The molecule has 1 fully saturated rings. The molecule has 0 saturated heterocycles. The Balaban J connectivity index is 1.78. The van der Waals surface area contributed by atoms with E-state index in [1.807, 2.05) is 0 Å². The van der Waals surface area contributed by atoms with Crippen LogP contribution in [-0.2, 0) is 0 Å². The van der Waals surface area contributed by atoms with E-state index in [0.29, 0.717) is 5.41 Å². The Kier molecular flexibility index (Phi) is 1.79. The van der Waals surface area contributed by atoms with E-state index in [0.717, 1.165) is 17.6 Å². The molecule has 0 amide bonds. The number of aromatic nitrogens is 2. The van der Waals surface area contributed by atoms with Crippen LogP contribution in [0.4, 0.5) is 5.13 Å². The topological polar surface area (TPSA) is 37.8 Å². The van der Waals surface area contributed by atoms with E-state index in [2.05, 4.69) is 28.5 Å². The van der Waals surface area contributed by atoms with Crippen molar-refractivity contribution in [1.82, 2.24) is 9.36 Å². The third-order valence-electron chi connectivity index (χ3n) is 2.58. The normalized spacial score (nSPS) is 25.3. The van der Waals surface area contributed by atoms with E-state index in [1.54, 1.807) is 6.33 Å². The largest absolute Gasteiger partial charge is 0.360 e. The van der Waals surface area contributed by atoms with Gasteiger partial charge in [-0.25, -0.2) is 4.98 Å². The first-order chi connectivity index (χ1) is 5.68. The molecule has 1 aromatic heterocycles. The highest BCUT2D eigenvalue weighted by molar-refractivity contribution is 7.09. The van der Waals surface area contributed by atoms with Crippen molar-refractivity contribution in [3.05, 3.63) is 6.33 Å². The van der Waals surface area contributed by atoms with Crippen LogP contribution in [-0.4, -0.2) is 15.9 Å². The first-order valence-corrected chi connectivity index (χ1v) is 4.96. The Bertz CT molecular complexity index is 255. The van der Waals surface area contributed by atoms with Gasteiger partial charge in [0.05, 0.1) is 0 Å². The van der Waals surface area contributed by atoms with Gasteiger partial charge in [0.2, 0.25) is 5.13 Å². The zero-order chi connectivity index (χ0) is 8.60. The Morgan fingerprint density at radius 1 is 1.75 bits per heavy atom. The van der Waals surface area contributed by atoms with Gasteiger partial charge in [0.1, 0.15) is 6.33 Å². The number of hydrogen-bond donors (Lipinski definition) is 1. The molecule has 1 heterocycles. The molecule has 66 valence electrons. The van der Waals surface area contributed by atoms with Gasteiger partial charge in [0.25, 0.3) is 0 Å². The molecule has 0 bridgehead atoms. The number of anilines is 1. The molecule has 1 unspecified atom stereocenters. The first-order valence-electron chi connectivity index (χ1n) is 4.19. The van der Waals surface area contributed by atoms with Crippen molar-refractivity contribution >= 4 is 16.7 Å². The van der Waals surface area contributed by atoms with Crippen LogP contribution in [0.25, 0.3) is 0 Å². The van der Waals surface area contributed by atoms with E-state index in [4.69, 9.17) is 0 Å². The summed E-state index contributed by atoms with van der Waals surface area (Å²) in [4.78, 5) is 4.06. The van der Waals surface area contributed by atoms with Crippen molar-refractivity contribution in [3.63, 3.8) is 0 Å². The highest BCUT2D eigenvalue weighted by Gasteiger charge is 2.44. The summed E-state index contributed by atoms with van der Waals surface area (Å²) in [5.74, 6) is 0.821. The van der Waals surface area contributed by atoms with Crippen molar-refractivity contribution in [3.8, 4) is 0 Å². The number of rotatable bonds is 3. The highest BCUT2D eigenvalue weighted by Crippen LogP contribution is 2.51. The van der Waals surface area contributed by atoms with E-state index in [1.165, 1.54) is 18.0 Å². The lowest BCUT2D eigenvalue weighted by Crippen LogP contribution is -2.06. The second kappa shape index (κ2) is 2.69. The van der Waals surface area contributed by atoms with E-state index in [-0.39, 0.29) is 0 Å². The quantitative estimate of drug-likeness (QED) is 0.778. The van der Waals surface area contributed by atoms with Gasteiger partial charge in [-0.1, -0.05) is 13.8 Å². The third-order valence-corrected chi connectivity index (χ3v) is 3.20. The fourth-order valence-electron chi connectivity index (χ4n) is 1.39. The van der Waals surface area contributed by atoms with Crippen molar-refractivity contribution in [2.24, 2.45) is 11.3 Å². The molecule has 1 saturated carbocycles. The van der Waals surface area contributed by atoms with Crippen LogP contribution in [0.1, 0.15) is 20.3 Å². The average Bonchev–Trinajstić information content (AvgIpc) is 2.54. The van der Waals surface area contributed by atoms with Gasteiger partial charge >= 0.3 is 0 Å². The van der Waals surface area contributed by atoms with Crippen molar-refractivity contribution in [1.29, 1.82) is 0 Å². The lowest BCUT2D eigenvalue weighted by molar-refractivity contribution is 0.573. The van der Waals surface area contributed by atoms with Gasteiger partial charge < -0.3 is 5.32 Å². The summed E-state index contributed by atoms with van der Waals surface area (Å²) in [6.45, 7) is 5.65. The summed E-state index contributed by atoms with van der Waals surface area (Å²) >= 11 is 1.42. The van der Waals surface area contributed by atoms with E-state index >= 15 is 0 Å². The van der Waals surface area contributed by atoms with Crippen LogP contribution in [0.2, 0.25) is 0 Å². The second-order valence-corrected chi connectivity index (χ2v) is 4.80. The van der Waals surface area contributed by atoms with Gasteiger partial charge in [0, 0.05) is 18.1 Å². The molecule has 2 rings (SSSR count). The molecule has 1 aliphatic rings. The maximum absolute atomic E-state index is 4.06. The lowest BCUT2D eigenvalue weighted by atomic mass is 10.1. The Morgan fingerprint density at radius 3 is 3.00 bits per heavy atom. The number of nitrogens with zero attached hydrogens (tertiary/aromatic N) is 2. The maximum Gasteiger partial charge on any atom is 0.202 e. The van der Waals surface area contributed by atoms with Gasteiger partial charge in [-0.2, -0.15) is 4.37 Å². The molecule has 3 nitrogen and oxygen atoms in total. The van der Waals surface area contributed by atoms with Crippen LogP contribution in [0.3, 0.4) is 0 Å². The van der Waals surface area contributed by atoms with Crippen molar-refractivity contribution in [2.45, 2.75) is 20.3 Å². The smallest absolute Gasteiger partial charge is 0.202 e.